The van der Waals surface area contributed by atoms with Crippen LogP contribution in [0.3, 0.4) is 0 Å². The van der Waals surface area contributed by atoms with Gasteiger partial charge >= 0.3 is 13.2 Å². The smallest absolute Gasteiger partial charge is 0.444 e. The molecule has 8 heteroatoms. The Bertz CT molecular complexity index is 754. The molecule has 0 aliphatic carbocycles. The summed E-state index contributed by atoms with van der Waals surface area (Å²) in [6, 6.07) is 5.93. The van der Waals surface area contributed by atoms with Crippen LogP contribution in [0.25, 0.3) is 0 Å². The summed E-state index contributed by atoms with van der Waals surface area (Å²) in [7, 11) is -0.435. The number of amides is 1. The molecule has 29 heavy (non-hydrogen) atoms. The quantitative estimate of drug-likeness (QED) is 0.680. The van der Waals surface area contributed by atoms with E-state index in [2.05, 4.69) is 4.90 Å². The van der Waals surface area contributed by atoms with Crippen molar-refractivity contribution in [1.29, 1.82) is 0 Å². The molecular formula is C21H32BClN2O4. The molecule has 1 aromatic carbocycles. The van der Waals surface area contributed by atoms with E-state index in [-0.39, 0.29) is 17.3 Å². The van der Waals surface area contributed by atoms with Crippen molar-refractivity contribution in [1.82, 2.24) is 4.90 Å². The van der Waals surface area contributed by atoms with Gasteiger partial charge in [0.15, 0.2) is 0 Å². The third kappa shape index (κ3) is 4.84. The summed E-state index contributed by atoms with van der Waals surface area (Å²) in [6.45, 7) is 16.4. The van der Waals surface area contributed by atoms with Crippen LogP contribution in [0.2, 0.25) is 5.02 Å². The predicted molar refractivity (Wildman–Crippen MR) is 117 cm³/mol. The Balaban J connectivity index is 1.64. The third-order valence-corrected chi connectivity index (χ3v) is 6.07. The minimum absolute atomic E-state index is 0.264. The van der Waals surface area contributed by atoms with Crippen LogP contribution in [0.5, 0.6) is 0 Å². The van der Waals surface area contributed by atoms with Gasteiger partial charge in [0.05, 0.1) is 21.9 Å². The molecular weight excluding hydrogens is 391 g/mol. The van der Waals surface area contributed by atoms with E-state index in [0.717, 1.165) is 11.2 Å². The van der Waals surface area contributed by atoms with Crippen LogP contribution >= 0.6 is 11.6 Å². The fraction of sp³-hybridized carbons (Fsp3) is 0.667. The lowest BCUT2D eigenvalue weighted by molar-refractivity contribution is 0.00578. The topological polar surface area (TPSA) is 51.2 Å². The van der Waals surface area contributed by atoms with Gasteiger partial charge in [-0.25, -0.2) is 4.79 Å². The van der Waals surface area contributed by atoms with E-state index in [4.69, 9.17) is 25.6 Å². The fourth-order valence-electron chi connectivity index (χ4n) is 3.36. The Morgan fingerprint density at radius 1 is 1.07 bits per heavy atom. The van der Waals surface area contributed by atoms with Crippen LogP contribution in [0.1, 0.15) is 48.5 Å². The number of hydrogen-bond donors (Lipinski definition) is 0. The van der Waals surface area contributed by atoms with Crippen molar-refractivity contribution in [2.75, 3.05) is 31.1 Å². The van der Waals surface area contributed by atoms with Crippen LogP contribution in [0, 0.1) is 0 Å². The molecule has 0 spiro atoms. The van der Waals surface area contributed by atoms with Crippen molar-refractivity contribution in [2.45, 2.75) is 65.3 Å². The molecule has 2 aliphatic rings. The molecule has 2 saturated heterocycles. The standard InChI is InChI=1S/C21H32BClN2O4/c1-19(2,3)27-18(26)25-12-10-24(11-13-25)17-9-8-15(14-16(17)23)22-28-20(4,5)21(6,7)29-22/h8-9,14H,10-13H2,1-7H3. The van der Waals surface area contributed by atoms with Crippen LogP contribution in [0.15, 0.2) is 18.2 Å². The normalized spacial score (nSPS) is 21.4. The number of piperazine rings is 1. The highest BCUT2D eigenvalue weighted by molar-refractivity contribution is 6.62. The lowest BCUT2D eigenvalue weighted by atomic mass is 9.79. The highest BCUT2D eigenvalue weighted by atomic mass is 35.5. The zero-order valence-corrected chi connectivity index (χ0v) is 19.3. The van der Waals surface area contributed by atoms with Crippen LogP contribution < -0.4 is 10.4 Å². The summed E-state index contributed by atoms with van der Waals surface area (Å²) in [5.41, 5.74) is 0.600. The molecule has 0 saturated carbocycles. The van der Waals surface area contributed by atoms with Crippen LogP contribution in [-0.2, 0) is 14.0 Å². The van der Waals surface area contributed by atoms with E-state index in [1.54, 1.807) is 4.90 Å². The number of halogens is 1. The summed E-state index contributed by atoms with van der Waals surface area (Å²) in [5.74, 6) is 0. The highest BCUT2D eigenvalue weighted by Gasteiger charge is 2.51. The highest BCUT2D eigenvalue weighted by Crippen LogP contribution is 2.37. The Kier molecular flexibility index (Phi) is 5.89. The van der Waals surface area contributed by atoms with Gasteiger partial charge in [0.2, 0.25) is 0 Å². The maximum absolute atomic E-state index is 12.3. The zero-order valence-electron chi connectivity index (χ0n) is 18.5. The SMILES string of the molecule is CC(C)(C)OC(=O)N1CCN(c2ccc(B3OC(C)(C)C(C)(C)O3)cc2Cl)CC1. The number of anilines is 1. The van der Waals surface area contributed by atoms with E-state index in [0.29, 0.717) is 31.2 Å². The Morgan fingerprint density at radius 3 is 2.10 bits per heavy atom. The van der Waals surface area contributed by atoms with Crippen LogP contribution in [0.4, 0.5) is 10.5 Å². The molecule has 0 aromatic heterocycles. The molecule has 0 atom stereocenters. The number of carbonyl (C=O) groups is 1. The van der Waals surface area contributed by atoms with E-state index < -0.39 is 12.7 Å². The molecule has 0 unspecified atom stereocenters. The lowest BCUT2D eigenvalue weighted by Gasteiger charge is -2.37. The molecule has 0 bridgehead atoms. The third-order valence-electron chi connectivity index (χ3n) is 5.77. The van der Waals surface area contributed by atoms with Gasteiger partial charge in [-0.1, -0.05) is 17.7 Å². The molecule has 2 heterocycles. The number of hydrogen-bond acceptors (Lipinski definition) is 5. The fourth-order valence-corrected chi connectivity index (χ4v) is 3.67. The minimum atomic E-state index is -0.485. The van der Waals surface area contributed by atoms with E-state index in [9.17, 15) is 4.79 Å². The number of benzene rings is 1. The summed E-state index contributed by atoms with van der Waals surface area (Å²) in [4.78, 5) is 16.2. The zero-order chi connectivity index (χ0) is 21.6. The Hall–Kier alpha value is -1.44. The molecule has 3 rings (SSSR count). The average Bonchev–Trinajstić information content (AvgIpc) is 2.81. The van der Waals surface area contributed by atoms with Gasteiger partial charge in [-0.3, -0.25) is 0 Å². The predicted octanol–water partition coefficient (Wildman–Crippen LogP) is 3.70. The molecule has 2 fully saturated rings. The average molecular weight is 423 g/mol. The van der Waals surface area contributed by atoms with Gasteiger partial charge in [-0.2, -0.15) is 0 Å². The first-order valence-electron chi connectivity index (χ1n) is 10.2. The molecule has 0 radical (unpaired) electrons. The van der Waals surface area contributed by atoms with E-state index in [1.807, 2.05) is 66.7 Å². The first-order valence-corrected chi connectivity index (χ1v) is 10.5. The second-order valence-corrected chi connectivity index (χ2v) is 10.2. The molecule has 1 amide bonds. The van der Waals surface area contributed by atoms with Gasteiger partial charge in [-0.15, -0.1) is 0 Å². The van der Waals surface area contributed by atoms with Gasteiger partial charge in [0.1, 0.15) is 5.60 Å². The van der Waals surface area contributed by atoms with E-state index >= 15 is 0 Å². The number of rotatable bonds is 2. The van der Waals surface area contributed by atoms with Crippen molar-refractivity contribution in [3.8, 4) is 0 Å². The Morgan fingerprint density at radius 2 is 1.62 bits per heavy atom. The lowest BCUT2D eigenvalue weighted by Crippen LogP contribution is -2.50. The van der Waals surface area contributed by atoms with Crippen LogP contribution in [-0.4, -0.2) is 61.1 Å². The Labute approximate surface area is 179 Å². The molecule has 0 N–H and O–H groups in total. The molecule has 2 aliphatic heterocycles. The number of carbonyl (C=O) groups excluding carboxylic acids is 1. The summed E-state index contributed by atoms with van der Waals surface area (Å²) in [5, 5.41) is 0.655. The second-order valence-electron chi connectivity index (χ2n) is 9.75. The first-order chi connectivity index (χ1) is 13.3. The number of nitrogens with zero attached hydrogens (tertiary/aromatic N) is 2. The van der Waals surface area contributed by atoms with Crippen molar-refractivity contribution >= 4 is 36.0 Å². The van der Waals surface area contributed by atoms with Crippen molar-refractivity contribution in [2.24, 2.45) is 0 Å². The van der Waals surface area contributed by atoms with Gasteiger partial charge in [0.25, 0.3) is 0 Å². The summed E-state index contributed by atoms with van der Waals surface area (Å²) >= 11 is 6.61. The second kappa shape index (κ2) is 7.67. The summed E-state index contributed by atoms with van der Waals surface area (Å²) < 4.78 is 17.7. The molecule has 160 valence electrons. The number of ether oxygens (including phenoxy) is 1. The van der Waals surface area contributed by atoms with Gasteiger partial charge in [0, 0.05) is 26.2 Å². The van der Waals surface area contributed by atoms with Gasteiger partial charge < -0.3 is 23.8 Å². The van der Waals surface area contributed by atoms with Crippen molar-refractivity contribution < 1.29 is 18.8 Å². The maximum atomic E-state index is 12.3. The summed E-state index contributed by atoms with van der Waals surface area (Å²) in [6.07, 6.45) is -0.264. The first kappa shape index (κ1) is 22.3. The van der Waals surface area contributed by atoms with Crippen molar-refractivity contribution in [3.05, 3.63) is 23.2 Å². The van der Waals surface area contributed by atoms with Gasteiger partial charge in [-0.05, 0) is 66.1 Å². The maximum Gasteiger partial charge on any atom is 0.494 e. The largest absolute Gasteiger partial charge is 0.494 e. The minimum Gasteiger partial charge on any atom is -0.444 e. The monoisotopic (exact) mass is 422 g/mol. The van der Waals surface area contributed by atoms with E-state index in [1.165, 1.54) is 0 Å². The van der Waals surface area contributed by atoms with Crippen molar-refractivity contribution in [3.63, 3.8) is 0 Å². The molecule has 1 aromatic rings. The molecule has 6 nitrogen and oxygen atoms in total.